The molecule has 10 heteroatoms. The molecule has 126 valence electrons. The summed E-state index contributed by atoms with van der Waals surface area (Å²) in [6.45, 7) is 3.19. The number of nitrogens with zero attached hydrogens (tertiary/aromatic N) is 4. The molecular weight excluding hydrogens is 326 g/mol. The Bertz CT molecular complexity index is 1050. The second kappa shape index (κ2) is 6.43. The van der Waals surface area contributed by atoms with Crippen molar-refractivity contribution in [1.82, 2.24) is 19.9 Å². The fraction of sp³-hybridized carbons (Fsp3) is 0.133. The van der Waals surface area contributed by atoms with Crippen molar-refractivity contribution in [1.29, 1.82) is 0 Å². The van der Waals surface area contributed by atoms with E-state index in [1.165, 1.54) is 6.92 Å². The molecule has 1 aromatic carbocycles. The van der Waals surface area contributed by atoms with E-state index in [0.29, 0.717) is 5.56 Å². The maximum Gasteiger partial charge on any atom is 0.295 e. The number of carbonyl (C=O) groups excluding carboxylic acids is 2. The van der Waals surface area contributed by atoms with Crippen molar-refractivity contribution in [2.24, 2.45) is 10.2 Å². The van der Waals surface area contributed by atoms with Crippen LogP contribution in [0, 0.1) is 6.92 Å². The number of azo groups is 1. The molecule has 2 heterocycles. The van der Waals surface area contributed by atoms with E-state index in [2.05, 4.69) is 35.5 Å². The van der Waals surface area contributed by atoms with Crippen LogP contribution < -0.4 is 10.9 Å². The number of amides is 2. The highest BCUT2D eigenvalue weighted by Gasteiger charge is 2.11. The number of aromatic nitrogens is 4. The number of rotatable bonds is 3. The smallest absolute Gasteiger partial charge is 0.295 e. The van der Waals surface area contributed by atoms with Crippen LogP contribution in [0.15, 0.2) is 39.3 Å². The molecule has 0 saturated heterocycles. The molecule has 25 heavy (non-hydrogen) atoms. The summed E-state index contributed by atoms with van der Waals surface area (Å²) in [6.07, 6.45) is 0. The number of benzene rings is 1. The summed E-state index contributed by atoms with van der Waals surface area (Å²) in [5, 5.41) is 9.63. The minimum Gasteiger partial charge on any atom is -0.315 e. The van der Waals surface area contributed by atoms with Gasteiger partial charge in [0.05, 0.1) is 0 Å². The fourth-order valence-electron chi connectivity index (χ4n) is 2.01. The molecule has 0 aliphatic heterocycles. The average molecular weight is 339 g/mol. The summed E-state index contributed by atoms with van der Waals surface area (Å²) in [4.78, 5) is 47.9. The Kier molecular flexibility index (Phi) is 4.16. The van der Waals surface area contributed by atoms with Crippen LogP contribution in [0.1, 0.15) is 22.8 Å². The maximum absolute atomic E-state index is 12.0. The third kappa shape index (κ3) is 3.63. The largest absolute Gasteiger partial charge is 0.315 e. The Balaban J connectivity index is 1.87. The van der Waals surface area contributed by atoms with Gasteiger partial charge in [-0.2, -0.15) is 9.97 Å². The van der Waals surface area contributed by atoms with Gasteiger partial charge in [0, 0.05) is 12.5 Å². The first-order chi connectivity index (χ1) is 11.9. The van der Waals surface area contributed by atoms with Crippen LogP contribution in [0.25, 0.3) is 11.2 Å². The van der Waals surface area contributed by atoms with Gasteiger partial charge in [-0.25, -0.2) is 0 Å². The topological polar surface area (TPSA) is 145 Å². The molecule has 3 N–H and O–H groups in total. The second-order valence-corrected chi connectivity index (χ2v) is 5.23. The monoisotopic (exact) mass is 339 g/mol. The Morgan fingerprint density at radius 2 is 1.84 bits per heavy atom. The zero-order chi connectivity index (χ0) is 18.0. The number of aromatic amines is 2. The van der Waals surface area contributed by atoms with E-state index in [1.54, 1.807) is 24.3 Å². The van der Waals surface area contributed by atoms with Crippen molar-refractivity contribution in [3.8, 4) is 0 Å². The van der Waals surface area contributed by atoms with Crippen molar-refractivity contribution in [2.45, 2.75) is 13.8 Å². The summed E-state index contributed by atoms with van der Waals surface area (Å²) >= 11 is 0. The van der Waals surface area contributed by atoms with Gasteiger partial charge in [0.25, 0.3) is 11.5 Å². The van der Waals surface area contributed by atoms with Gasteiger partial charge >= 0.3 is 0 Å². The molecule has 0 aliphatic carbocycles. The number of imidazole rings is 1. The first kappa shape index (κ1) is 16.2. The van der Waals surface area contributed by atoms with Crippen LogP contribution in [-0.4, -0.2) is 31.8 Å². The third-order valence-corrected chi connectivity index (χ3v) is 3.18. The Hall–Kier alpha value is -3.69. The van der Waals surface area contributed by atoms with Gasteiger partial charge < -0.3 is 4.98 Å². The maximum atomic E-state index is 12.0. The molecule has 0 atom stereocenters. The highest BCUT2D eigenvalue weighted by atomic mass is 16.2. The lowest BCUT2D eigenvalue weighted by molar-refractivity contribution is -0.114. The predicted molar refractivity (Wildman–Crippen MR) is 88.8 cm³/mol. The molecule has 2 aromatic heterocycles. The van der Waals surface area contributed by atoms with Crippen molar-refractivity contribution in [2.75, 3.05) is 5.32 Å². The lowest BCUT2D eigenvalue weighted by Gasteiger charge is -1.98. The van der Waals surface area contributed by atoms with Crippen molar-refractivity contribution in [3.63, 3.8) is 0 Å². The minimum atomic E-state index is -0.540. The molecule has 2 amide bonds. The number of nitrogens with one attached hydrogen (secondary N) is 3. The minimum absolute atomic E-state index is 0.0317. The van der Waals surface area contributed by atoms with Crippen LogP contribution >= 0.6 is 0 Å². The van der Waals surface area contributed by atoms with E-state index in [-0.39, 0.29) is 29.0 Å². The number of H-pyrrole nitrogens is 2. The van der Waals surface area contributed by atoms with Crippen LogP contribution in [0.5, 0.6) is 0 Å². The molecule has 0 radical (unpaired) electrons. The average Bonchev–Trinajstić information content (AvgIpc) is 2.96. The normalized spacial score (nSPS) is 11.1. The number of aryl methyl sites for hydroxylation is 1. The summed E-state index contributed by atoms with van der Waals surface area (Å²) in [7, 11) is 0. The van der Waals surface area contributed by atoms with Crippen LogP contribution in [0.4, 0.5) is 11.9 Å². The number of carbonyl (C=O) groups is 2. The van der Waals surface area contributed by atoms with Crippen molar-refractivity contribution < 1.29 is 9.59 Å². The number of hydrogen-bond donors (Lipinski definition) is 3. The van der Waals surface area contributed by atoms with Crippen molar-refractivity contribution >= 4 is 34.9 Å². The van der Waals surface area contributed by atoms with E-state index in [9.17, 15) is 14.4 Å². The SMILES string of the molecule is CC(=O)Nc1nc2nc(N=NC(=O)c3ccc(C)cc3)[nH]c2c(=O)[nH]1. The van der Waals surface area contributed by atoms with Crippen LogP contribution in [0.3, 0.4) is 0 Å². The first-order valence-electron chi connectivity index (χ1n) is 7.23. The van der Waals surface area contributed by atoms with E-state index in [0.717, 1.165) is 5.56 Å². The van der Waals surface area contributed by atoms with Gasteiger partial charge in [0.1, 0.15) is 0 Å². The first-order valence-corrected chi connectivity index (χ1v) is 7.23. The molecule has 3 rings (SSSR count). The zero-order valence-electron chi connectivity index (χ0n) is 13.3. The van der Waals surface area contributed by atoms with Crippen molar-refractivity contribution in [3.05, 3.63) is 45.7 Å². The summed E-state index contributed by atoms with van der Waals surface area (Å²) in [5.41, 5.74) is 0.975. The fourth-order valence-corrected chi connectivity index (χ4v) is 2.01. The Morgan fingerprint density at radius 3 is 2.52 bits per heavy atom. The lowest BCUT2D eigenvalue weighted by atomic mass is 10.1. The van der Waals surface area contributed by atoms with Crippen LogP contribution in [-0.2, 0) is 4.79 Å². The Morgan fingerprint density at radius 1 is 1.12 bits per heavy atom. The molecule has 0 unspecified atom stereocenters. The van der Waals surface area contributed by atoms with Gasteiger partial charge in [0.2, 0.25) is 17.8 Å². The van der Waals surface area contributed by atoms with E-state index < -0.39 is 11.5 Å². The van der Waals surface area contributed by atoms with E-state index >= 15 is 0 Å². The van der Waals surface area contributed by atoms with Gasteiger partial charge in [-0.05, 0) is 19.1 Å². The molecule has 0 saturated carbocycles. The Labute approximate surface area is 140 Å². The van der Waals surface area contributed by atoms with E-state index in [1.807, 2.05) is 6.92 Å². The van der Waals surface area contributed by atoms with Gasteiger partial charge in [0.15, 0.2) is 11.2 Å². The molecular formula is C15H13N7O3. The highest BCUT2D eigenvalue weighted by molar-refractivity contribution is 5.94. The molecule has 10 nitrogen and oxygen atoms in total. The molecule has 0 bridgehead atoms. The molecule has 0 aliphatic rings. The summed E-state index contributed by atoms with van der Waals surface area (Å²) in [5.74, 6) is -1.01. The van der Waals surface area contributed by atoms with E-state index in [4.69, 9.17) is 0 Å². The van der Waals surface area contributed by atoms with Gasteiger partial charge in [-0.3, -0.25) is 24.7 Å². The lowest BCUT2D eigenvalue weighted by Crippen LogP contribution is -2.15. The summed E-state index contributed by atoms with van der Waals surface area (Å²) < 4.78 is 0. The second-order valence-electron chi connectivity index (χ2n) is 5.23. The highest BCUT2D eigenvalue weighted by Crippen LogP contribution is 2.13. The number of fused-ring (bicyclic) bond motifs is 1. The van der Waals surface area contributed by atoms with Crippen LogP contribution in [0.2, 0.25) is 0 Å². The number of anilines is 1. The molecule has 0 fully saturated rings. The number of hydrogen-bond acceptors (Lipinski definition) is 6. The third-order valence-electron chi connectivity index (χ3n) is 3.18. The standard InChI is InChI=1S/C15H13N7O3/c1-7-3-5-9(6-4-7)12(24)21-22-15-17-10-11(19-15)18-14(16-8(2)23)20-13(10)25/h3-6H,1-2H3,(H3,16,17,18,19,20,23,25). The molecule has 3 aromatic rings. The van der Waals surface area contributed by atoms with Gasteiger partial charge in [-0.1, -0.05) is 17.7 Å². The van der Waals surface area contributed by atoms with Gasteiger partial charge in [-0.15, -0.1) is 10.2 Å². The summed E-state index contributed by atoms with van der Waals surface area (Å²) in [6, 6.07) is 6.86. The zero-order valence-corrected chi connectivity index (χ0v) is 13.3. The molecule has 0 spiro atoms. The predicted octanol–water partition coefficient (Wildman–Crippen LogP) is 1.84. The quantitative estimate of drug-likeness (QED) is 0.623.